The molecular weight excluding hydrogens is 269 g/mol. The van der Waals surface area contributed by atoms with Gasteiger partial charge >= 0.3 is 6.18 Å². The van der Waals surface area contributed by atoms with Crippen LogP contribution in [0.15, 0.2) is 18.3 Å². The second-order valence-electron chi connectivity index (χ2n) is 3.70. The highest BCUT2D eigenvalue weighted by molar-refractivity contribution is 6.17. The molecule has 0 fully saturated rings. The largest absolute Gasteiger partial charge is 0.433 e. The summed E-state index contributed by atoms with van der Waals surface area (Å²) in [5.74, 6) is 0.401. The number of halogens is 4. The number of anilines is 1. The molecule has 0 saturated heterocycles. The smallest absolute Gasteiger partial charge is 0.383 e. The van der Waals surface area contributed by atoms with E-state index in [9.17, 15) is 13.2 Å². The summed E-state index contributed by atoms with van der Waals surface area (Å²) in [5, 5.41) is 2.94. The lowest BCUT2D eigenvalue weighted by Crippen LogP contribution is -2.25. The van der Waals surface area contributed by atoms with Crippen LogP contribution in [0.2, 0.25) is 0 Å². The molecule has 0 spiro atoms. The minimum Gasteiger partial charge on any atom is -0.383 e. The number of hydrogen-bond acceptors (Lipinski definition) is 3. The highest BCUT2D eigenvalue weighted by Gasteiger charge is 2.32. The van der Waals surface area contributed by atoms with Crippen LogP contribution in [0.4, 0.5) is 18.9 Å². The van der Waals surface area contributed by atoms with Gasteiger partial charge in [0.05, 0.1) is 12.6 Å². The molecule has 1 aromatic rings. The lowest BCUT2D eigenvalue weighted by atomic mass is 10.2. The fraction of sp³-hybridized carbons (Fsp3) is 0.545. The van der Waals surface area contributed by atoms with Crippen LogP contribution in [0.25, 0.3) is 0 Å². The fourth-order valence-corrected chi connectivity index (χ4v) is 1.70. The molecule has 18 heavy (non-hydrogen) atoms. The van der Waals surface area contributed by atoms with Crippen molar-refractivity contribution in [2.24, 2.45) is 0 Å². The van der Waals surface area contributed by atoms with Crippen molar-refractivity contribution in [2.45, 2.75) is 18.6 Å². The molecule has 1 heterocycles. The minimum atomic E-state index is -4.44. The standard InChI is InChI=1S/C11H14ClF3N2O/c1-18-7-9(2-4-12)17-8-3-5-16-10(6-8)11(13,14)15/h3,5-6,9H,2,4,7H2,1H3,(H,16,17). The molecule has 0 aliphatic carbocycles. The van der Waals surface area contributed by atoms with Gasteiger partial charge in [-0.05, 0) is 18.6 Å². The van der Waals surface area contributed by atoms with Crippen LogP contribution in [-0.2, 0) is 10.9 Å². The predicted octanol–water partition coefficient (Wildman–Crippen LogP) is 3.16. The Morgan fingerprint density at radius 3 is 2.78 bits per heavy atom. The molecule has 0 saturated carbocycles. The van der Waals surface area contributed by atoms with E-state index in [-0.39, 0.29) is 6.04 Å². The average molecular weight is 283 g/mol. The summed E-state index contributed by atoms with van der Waals surface area (Å²) in [6, 6.07) is 2.32. The van der Waals surface area contributed by atoms with Gasteiger partial charge in [-0.1, -0.05) is 0 Å². The first-order valence-electron chi connectivity index (χ1n) is 5.32. The first-order valence-corrected chi connectivity index (χ1v) is 5.85. The maximum Gasteiger partial charge on any atom is 0.433 e. The zero-order valence-electron chi connectivity index (χ0n) is 9.80. The maximum absolute atomic E-state index is 12.5. The van der Waals surface area contributed by atoms with Crippen molar-refractivity contribution in [3.8, 4) is 0 Å². The van der Waals surface area contributed by atoms with Crippen molar-refractivity contribution < 1.29 is 17.9 Å². The number of alkyl halides is 4. The Labute approximate surface area is 108 Å². The Hall–Kier alpha value is -1.01. The van der Waals surface area contributed by atoms with Crippen molar-refractivity contribution in [2.75, 3.05) is 24.9 Å². The van der Waals surface area contributed by atoms with Gasteiger partial charge in [-0.3, -0.25) is 4.98 Å². The van der Waals surface area contributed by atoms with Gasteiger partial charge < -0.3 is 10.1 Å². The number of nitrogens with one attached hydrogen (secondary N) is 1. The van der Waals surface area contributed by atoms with Crippen LogP contribution < -0.4 is 5.32 Å². The van der Waals surface area contributed by atoms with Gasteiger partial charge in [0, 0.05) is 24.9 Å². The molecule has 1 atom stereocenters. The fourth-order valence-electron chi connectivity index (χ4n) is 1.44. The van der Waals surface area contributed by atoms with E-state index in [0.29, 0.717) is 24.6 Å². The second kappa shape index (κ2) is 6.80. The highest BCUT2D eigenvalue weighted by Crippen LogP contribution is 2.29. The normalized spacial score (nSPS) is 13.4. The van der Waals surface area contributed by atoms with Crippen LogP contribution in [0.3, 0.4) is 0 Å². The average Bonchev–Trinajstić information content (AvgIpc) is 2.29. The number of hydrogen-bond donors (Lipinski definition) is 1. The third-order valence-electron chi connectivity index (χ3n) is 2.25. The molecule has 0 radical (unpaired) electrons. The summed E-state index contributed by atoms with van der Waals surface area (Å²) < 4.78 is 42.4. The molecule has 0 bridgehead atoms. The quantitative estimate of drug-likeness (QED) is 0.814. The molecule has 3 nitrogen and oxygen atoms in total. The lowest BCUT2D eigenvalue weighted by Gasteiger charge is -2.18. The zero-order valence-corrected chi connectivity index (χ0v) is 10.6. The SMILES string of the molecule is COCC(CCCl)Nc1ccnc(C(F)(F)F)c1. The van der Waals surface area contributed by atoms with Gasteiger partial charge in [-0.15, -0.1) is 11.6 Å². The van der Waals surface area contributed by atoms with Crippen molar-refractivity contribution in [3.63, 3.8) is 0 Å². The van der Waals surface area contributed by atoms with E-state index in [1.165, 1.54) is 13.2 Å². The lowest BCUT2D eigenvalue weighted by molar-refractivity contribution is -0.141. The monoisotopic (exact) mass is 282 g/mol. The summed E-state index contributed by atoms with van der Waals surface area (Å²) >= 11 is 5.61. The van der Waals surface area contributed by atoms with Crippen molar-refractivity contribution in [1.29, 1.82) is 0 Å². The highest BCUT2D eigenvalue weighted by atomic mass is 35.5. The van der Waals surface area contributed by atoms with Gasteiger partial charge in [-0.25, -0.2) is 0 Å². The topological polar surface area (TPSA) is 34.1 Å². The molecule has 0 aliphatic rings. The summed E-state index contributed by atoms with van der Waals surface area (Å²) in [4.78, 5) is 3.29. The van der Waals surface area contributed by atoms with Gasteiger partial charge in [0.15, 0.2) is 0 Å². The van der Waals surface area contributed by atoms with Crippen LogP contribution in [0, 0.1) is 0 Å². The van der Waals surface area contributed by atoms with E-state index >= 15 is 0 Å². The second-order valence-corrected chi connectivity index (χ2v) is 4.08. The first-order chi connectivity index (χ1) is 8.47. The van der Waals surface area contributed by atoms with Crippen LogP contribution in [0.5, 0.6) is 0 Å². The van der Waals surface area contributed by atoms with E-state index < -0.39 is 11.9 Å². The molecule has 1 N–H and O–H groups in total. The van der Waals surface area contributed by atoms with E-state index in [1.54, 1.807) is 0 Å². The Bertz CT molecular complexity index is 368. The first kappa shape index (κ1) is 15.0. The molecule has 0 aromatic carbocycles. The molecule has 0 amide bonds. The van der Waals surface area contributed by atoms with Gasteiger partial charge in [0.25, 0.3) is 0 Å². The molecule has 1 aromatic heterocycles. The van der Waals surface area contributed by atoms with Gasteiger partial charge in [-0.2, -0.15) is 13.2 Å². The Morgan fingerprint density at radius 1 is 1.50 bits per heavy atom. The number of pyridine rings is 1. The van der Waals surface area contributed by atoms with Crippen molar-refractivity contribution >= 4 is 17.3 Å². The Morgan fingerprint density at radius 2 is 2.22 bits per heavy atom. The number of aromatic nitrogens is 1. The zero-order chi connectivity index (χ0) is 13.6. The van der Waals surface area contributed by atoms with Crippen LogP contribution >= 0.6 is 11.6 Å². The molecular formula is C11H14ClF3N2O. The maximum atomic E-state index is 12.5. The number of ether oxygens (including phenoxy) is 1. The van der Waals surface area contributed by atoms with Crippen LogP contribution in [-0.4, -0.2) is 30.6 Å². The van der Waals surface area contributed by atoms with Crippen molar-refractivity contribution in [3.05, 3.63) is 24.0 Å². The van der Waals surface area contributed by atoms with E-state index in [0.717, 1.165) is 12.3 Å². The molecule has 1 unspecified atom stereocenters. The molecule has 0 aliphatic heterocycles. The summed E-state index contributed by atoms with van der Waals surface area (Å²) in [6.45, 7) is 0.371. The van der Waals surface area contributed by atoms with E-state index in [4.69, 9.17) is 16.3 Å². The number of nitrogens with zero attached hydrogens (tertiary/aromatic N) is 1. The van der Waals surface area contributed by atoms with Crippen LogP contribution in [0.1, 0.15) is 12.1 Å². The minimum absolute atomic E-state index is 0.129. The number of methoxy groups -OCH3 is 1. The van der Waals surface area contributed by atoms with E-state index in [2.05, 4.69) is 10.3 Å². The molecule has 102 valence electrons. The number of rotatable bonds is 6. The predicted molar refractivity (Wildman–Crippen MR) is 63.9 cm³/mol. The third kappa shape index (κ3) is 4.70. The van der Waals surface area contributed by atoms with Gasteiger partial charge in [0.1, 0.15) is 5.69 Å². The van der Waals surface area contributed by atoms with Gasteiger partial charge in [0.2, 0.25) is 0 Å². The summed E-state index contributed by atoms with van der Waals surface area (Å²) in [7, 11) is 1.52. The molecule has 1 rings (SSSR count). The van der Waals surface area contributed by atoms with Crippen molar-refractivity contribution in [1.82, 2.24) is 4.98 Å². The Kier molecular flexibility index (Phi) is 5.68. The third-order valence-corrected chi connectivity index (χ3v) is 2.46. The van der Waals surface area contributed by atoms with E-state index in [1.807, 2.05) is 0 Å². The Balaban J connectivity index is 2.77. The molecule has 7 heteroatoms. The summed E-state index contributed by atoms with van der Waals surface area (Å²) in [6.07, 6.45) is -2.73. The summed E-state index contributed by atoms with van der Waals surface area (Å²) in [5.41, 5.74) is -0.570.